The topological polar surface area (TPSA) is 35.2 Å². The second-order valence-corrected chi connectivity index (χ2v) is 5.69. The number of ether oxygens (including phenoxy) is 1. The molecule has 1 fully saturated rings. The Morgan fingerprint density at radius 1 is 1.33 bits per heavy atom. The Morgan fingerprint density at radius 2 is 2.06 bits per heavy atom. The fraction of sp³-hybridized carbons (Fsp3) is 0.625. The van der Waals surface area contributed by atoms with Gasteiger partial charge >= 0.3 is 0 Å². The van der Waals surface area contributed by atoms with Crippen LogP contribution in [0.2, 0.25) is 0 Å². The van der Waals surface area contributed by atoms with Crippen LogP contribution in [0.3, 0.4) is 0 Å². The molecule has 18 heavy (non-hydrogen) atoms. The lowest BCUT2D eigenvalue weighted by Crippen LogP contribution is -2.15. The van der Waals surface area contributed by atoms with Crippen LogP contribution in [0.5, 0.6) is 0 Å². The molecular weight excluding hydrogens is 222 g/mol. The molecular formula is C16H25NO. The second-order valence-electron chi connectivity index (χ2n) is 5.69. The van der Waals surface area contributed by atoms with Crippen molar-refractivity contribution in [1.82, 2.24) is 0 Å². The van der Waals surface area contributed by atoms with Crippen LogP contribution in [0.1, 0.15) is 55.4 Å². The summed E-state index contributed by atoms with van der Waals surface area (Å²) < 4.78 is 5.99. The van der Waals surface area contributed by atoms with E-state index in [0.29, 0.717) is 25.0 Å². The van der Waals surface area contributed by atoms with Crippen molar-refractivity contribution in [2.24, 2.45) is 11.7 Å². The van der Waals surface area contributed by atoms with E-state index in [1.165, 1.54) is 29.5 Å². The van der Waals surface area contributed by atoms with E-state index in [-0.39, 0.29) is 6.10 Å². The summed E-state index contributed by atoms with van der Waals surface area (Å²) in [6.45, 7) is 7.92. The molecule has 2 rings (SSSR count). The van der Waals surface area contributed by atoms with Gasteiger partial charge in [0.2, 0.25) is 0 Å². The standard InChI is InChI=1S/C16H25NO/c1-11(2)14-5-4-12(3)15(10-14)16(13-6-7-13)18-9-8-17/h4-5,10-11,13,16H,6-9,17H2,1-3H3. The first-order valence-corrected chi connectivity index (χ1v) is 7.05. The molecule has 0 heterocycles. The molecule has 1 atom stereocenters. The van der Waals surface area contributed by atoms with Gasteiger partial charge in [0, 0.05) is 6.54 Å². The molecule has 1 aliphatic rings. The van der Waals surface area contributed by atoms with Gasteiger partial charge in [-0.1, -0.05) is 32.0 Å². The van der Waals surface area contributed by atoms with E-state index in [2.05, 4.69) is 39.0 Å². The molecule has 2 N–H and O–H groups in total. The Morgan fingerprint density at radius 3 is 2.61 bits per heavy atom. The highest BCUT2D eigenvalue weighted by atomic mass is 16.5. The van der Waals surface area contributed by atoms with E-state index in [1.807, 2.05) is 0 Å². The second kappa shape index (κ2) is 5.85. The summed E-state index contributed by atoms with van der Waals surface area (Å²) in [6, 6.07) is 6.79. The average Bonchev–Trinajstić information content (AvgIpc) is 3.15. The molecule has 1 aliphatic carbocycles. The molecule has 0 radical (unpaired) electrons. The fourth-order valence-electron chi connectivity index (χ4n) is 2.40. The number of hydrogen-bond acceptors (Lipinski definition) is 2. The van der Waals surface area contributed by atoms with E-state index in [0.717, 1.165) is 0 Å². The van der Waals surface area contributed by atoms with Crippen molar-refractivity contribution in [3.8, 4) is 0 Å². The van der Waals surface area contributed by atoms with E-state index in [9.17, 15) is 0 Å². The van der Waals surface area contributed by atoms with Crippen molar-refractivity contribution < 1.29 is 4.74 Å². The summed E-state index contributed by atoms with van der Waals surface area (Å²) in [6.07, 6.45) is 2.84. The van der Waals surface area contributed by atoms with E-state index >= 15 is 0 Å². The van der Waals surface area contributed by atoms with Gasteiger partial charge < -0.3 is 10.5 Å². The summed E-state index contributed by atoms with van der Waals surface area (Å²) in [5.74, 6) is 1.27. The first kappa shape index (κ1) is 13.6. The first-order chi connectivity index (χ1) is 8.63. The number of benzene rings is 1. The van der Waals surface area contributed by atoms with Crippen LogP contribution in [0.15, 0.2) is 18.2 Å². The van der Waals surface area contributed by atoms with Gasteiger partial charge in [0.1, 0.15) is 0 Å². The Labute approximate surface area is 111 Å². The third-order valence-electron chi connectivity index (χ3n) is 3.74. The molecule has 1 saturated carbocycles. The first-order valence-electron chi connectivity index (χ1n) is 7.05. The van der Waals surface area contributed by atoms with E-state index in [1.54, 1.807) is 0 Å². The Balaban J connectivity index is 2.24. The predicted octanol–water partition coefficient (Wildman–Crippen LogP) is 3.54. The highest BCUT2D eigenvalue weighted by molar-refractivity contribution is 5.35. The normalized spacial score (nSPS) is 17.2. The Bertz CT molecular complexity index is 396. The average molecular weight is 247 g/mol. The van der Waals surface area contributed by atoms with Crippen LogP contribution in [0, 0.1) is 12.8 Å². The number of aryl methyl sites for hydroxylation is 1. The van der Waals surface area contributed by atoms with Crippen LogP contribution in [-0.4, -0.2) is 13.2 Å². The summed E-state index contributed by atoms with van der Waals surface area (Å²) in [5.41, 5.74) is 9.68. The van der Waals surface area contributed by atoms with Gasteiger partial charge in [-0.15, -0.1) is 0 Å². The number of hydrogen-bond donors (Lipinski definition) is 1. The maximum Gasteiger partial charge on any atom is 0.0856 e. The lowest BCUT2D eigenvalue weighted by Gasteiger charge is -2.21. The van der Waals surface area contributed by atoms with Crippen molar-refractivity contribution >= 4 is 0 Å². The quantitative estimate of drug-likeness (QED) is 0.834. The summed E-state index contributed by atoms with van der Waals surface area (Å²) in [7, 11) is 0. The van der Waals surface area contributed by atoms with Crippen LogP contribution in [0.4, 0.5) is 0 Å². The van der Waals surface area contributed by atoms with Crippen molar-refractivity contribution in [3.63, 3.8) is 0 Å². The zero-order chi connectivity index (χ0) is 13.1. The van der Waals surface area contributed by atoms with Crippen molar-refractivity contribution in [3.05, 3.63) is 34.9 Å². The molecule has 2 nitrogen and oxygen atoms in total. The van der Waals surface area contributed by atoms with Gasteiger partial charge in [-0.2, -0.15) is 0 Å². The minimum atomic E-state index is 0.257. The number of rotatable bonds is 6. The van der Waals surface area contributed by atoms with E-state index < -0.39 is 0 Å². The third-order valence-corrected chi connectivity index (χ3v) is 3.74. The lowest BCUT2D eigenvalue weighted by molar-refractivity contribution is 0.0420. The molecule has 1 aromatic carbocycles. The summed E-state index contributed by atoms with van der Waals surface area (Å²) in [4.78, 5) is 0. The van der Waals surface area contributed by atoms with Gasteiger partial charge in [0.25, 0.3) is 0 Å². The zero-order valence-corrected chi connectivity index (χ0v) is 11.8. The molecule has 0 amide bonds. The molecule has 1 unspecified atom stereocenters. The monoisotopic (exact) mass is 247 g/mol. The fourth-order valence-corrected chi connectivity index (χ4v) is 2.40. The molecule has 0 bridgehead atoms. The van der Waals surface area contributed by atoms with Gasteiger partial charge in [-0.3, -0.25) is 0 Å². The smallest absolute Gasteiger partial charge is 0.0856 e. The van der Waals surface area contributed by atoms with E-state index in [4.69, 9.17) is 10.5 Å². The van der Waals surface area contributed by atoms with Gasteiger partial charge in [0.15, 0.2) is 0 Å². The van der Waals surface area contributed by atoms with Crippen LogP contribution >= 0.6 is 0 Å². The zero-order valence-electron chi connectivity index (χ0n) is 11.8. The van der Waals surface area contributed by atoms with Crippen molar-refractivity contribution in [2.45, 2.75) is 45.6 Å². The third kappa shape index (κ3) is 3.12. The van der Waals surface area contributed by atoms with Crippen LogP contribution in [0.25, 0.3) is 0 Å². The van der Waals surface area contributed by atoms with Gasteiger partial charge in [-0.25, -0.2) is 0 Å². The summed E-state index contributed by atoms with van der Waals surface area (Å²) in [5, 5.41) is 0. The van der Waals surface area contributed by atoms with Crippen LogP contribution in [-0.2, 0) is 4.74 Å². The number of nitrogens with two attached hydrogens (primary N) is 1. The minimum Gasteiger partial charge on any atom is -0.372 e. The highest BCUT2D eigenvalue weighted by Gasteiger charge is 2.33. The van der Waals surface area contributed by atoms with Crippen molar-refractivity contribution in [1.29, 1.82) is 0 Å². The summed E-state index contributed by atoms with van der Waals surface area (Å²) >= 11 is 0. The van der Waals surface area contributed by atoms with Crippen molar-refractivity contribution in [2.75, 3.05) is 13.2 Å². The van der Waals surface area contributed by atoms with Gasteiger partial charge in [-0.05, 0) is 48.3 Å². The molecule has 0 saturated heterocycles. The maximum absolute atomic E-state index is 5.99. The minimum absolute atomic E-state index is 0.257. The molecule has 1 aromatic rings. The highest BCUT2D eigenvalue weighted by Crippen LogP contribution is 2.44. The van der Waals surface area contributed by atoms with Crippen LogP contribution < -0.4 is 5.73 Å². The Kier molecular flexibility index (Phi) is 4.41. The molecule has 100 valence electrons. The SMILES string of the molecule is Cc1ccc(C(C)C)cc1C(OCCN)C1CC1. The molecule has 2 heteroatoms. The maximum atomic E-state index is 5.99. The lowest BCUT2D eigenvalue weighted by atomic mass is 9.93. The predicted molar refractivity (Wildman–Crippen MR) is 75.7 cm³/mol. The molecule has 0 aliphatic heterocycles. The Hall–Kier alpha value is -0.860. The molecule has 0 aromatic heterocycles. The van der Waals surface area contributed by atoms with Gasteiger partial charge in [0.05, 0.1) is 12.7 Å². The molecule has 0 spiro atoms. The largest absolute Gasteiger partial charge is 0.372 e.